The molecular weight excluding hydrogens is 224 g/mol. The molecule has 1 aromatic rings. The predicted molar refractivity (Wildman–Crippen MR) is 71.6 cm³/mol. The van der Waals surface area contributed by atoms with Gasteiger partial charge in [-0.3, -0.25) is 4.99 Å². The van der Waals surface area contributed by atoms with Crippen LogP contribution < -0.4 is 10.5 Å². The lowest BCUT2D eigenvalue weighted by molar-refractivity contribution is 0.395. The summed E-state index contributed by atoms with van der Waals surface area (Å²) in [4.78, 5) is 4.26. The average Bonchev–Trinajstić information content (AvgIpc) is 2.73. The fraction of sp³-hybridized carbons (Fsp3) is 0.133. The van der Waals surface area contributed by atoms with E-state index < -0.39 is 0 Å². The number of para-hydroxylation sites is 1. The van der Waals surface area contributed by atoms with Crippen molar-refractivity contribution in [1.82, 2.24) is 0 Å². The third-order valence-electron chi connectivity index (χ3n) is 3.87. The number of hydrogen-bond donors (Lipinski definition) is 1. The van der Waals surface area contributed by atoms with Gasteiger partial charge in [-0.25, -0.2) is 0 Å². The summed E-state index contributed by atoms with van der Waals surface area (Å²) in [6, 6.07) is 5.96. The molecule has 1 atom stereocenters. The molecule has 0 amide bonds. The Labute approximate surface area is 105 Å². The third-order valence-corrected chi connectivity index (χ3v) is 3.87. The van der Waals surface area contributed by atoms with Crippen LogP contribution in [0.15, 0.2) is 59.0 Å². The number of nitrogens with zero attached hydrogens (tertiary/aromatic N) is 1. The number of aliphatic imine (C=N–C) groups is 1. The Morgan fingerprint density at radius 3 is 3.22 bits per heavy atom. The highest BCUT2D eigenvalue weighted by Crippen LogP contribution is 2.55. The van der Waals surface area contributed by atoms with Crippen molar-refractivity contribution < 1.29 is 4.74 Å². The van der Waals surface area contributed by atoms with Crippen molar-refractivity contribution in [2.45, 2.75) is 11.8 Å². The van der Waals surface area contributed by atoms with E-state index in [4.69, 9.17) is 10.5 Å². The van der Waals surface area contributed by atoms with Crippen molar-refractivity contribution in [3.05, 3.63) is 59.5 Å². The van der Waals surface area contributed by atoms with E-state index in [0.717, 1.165) is 23.5 Å². The minimum absolute atomic E-state index is 0.207. The van der Waals surface area contributed by atoms with E-state index in [1.807, 2.05) is 36.7 Å². The number of hydrogen-bond acceptors (Lipinski definition) is 3. The molecule has 2 aliphatic heterocycles. The van der Waals surface area contributed by atoms with E-state index in [1.165, 1.54) is 5.57 Å². The number of ether oxygens (including phenoxy) is 1. The molecule has 4 rings (SSSR count). The number of nitrogens with two attached hydrogens (primary N) is 1. The van der Waals surface area contributed by atoms with Crippen molar-refractivity contribution in [3.8, 4) is 5.75 Å². The summed E-state index contributed by atoms with van der Waals surface area (Å²) in [6.45, 7) is 0. The minimum atomic E-state index is -0.207. The summed E-state index contributed by atoms with van der Waals surface area (Å²) in [5.74, 6) is 1.75. The molecule has 3 aliphatic rings. The van der Waals surface area contributed by atoms with Gasteiger partial charge in [-0.05, 0) is 17.7 Å². The second-order valence-electron chi connectivity index (χ2n) is 4.74. The Hall–Kier alpha value is -2.29. The SMILES string of the molecule is Nc1cccc2c1OC1=CC=CC3=CN=CCC312. The van der Waals surface area contributed by atoms with E-state index in [2.05, 4.69) is 17.1 Å². The summed E-state index contributed by atoms with van der Waals surface area (Å²) in [7, 11) is 0. The fourth-order valence-electron chi connectivity index (χ4n) is 2.99. The first kappa shape index (κ1) is 9.71. The molecule has 0 aromatic heterocycles. The van der Waals surface area contributed by atoms with Gasteiger partial charge in [0, 0.05) is 24.4 Å². The molecule has 18 heavy (non-hydrogen) atoms. The summed E-state index contributed by atoms with van der Waals surface area (Å²) in [6.07, 6.45) is 10.8. The smallest absolute Gasteiger partial charge is 0.154 e. The Morgan fingerprint density at radius 1 is 1.33 bits per heavy atom. The zero-order valence-corrected chi connectivity index (χ0v) is 9.76. The first-order valence-corrected chi connectivity index (χ1v) is 6.00. The molecule has 0 radical (unpaired) electrons. The van der Waals surface area contributed by atoms with Crippen LogP contribution in [0.2, 0.25) is 0 Å². The lowest BCUT2D eigenvalue weighted by Crippen LogP contribution is -2.31. The molecule has 1 unspecified atom stereocenters. The standard InChI is InChI=1S/C15H12N2O/c16-12-5-2-4-11-14(12)18-13-6-1-3-10-9-17-8-7-15(10,11)13/h1-6,8-9H,7,16H2. The van der Waals surface area contributed by atoms with Crippen LogP contribution in [0.25, 0.3) is 0 Å². The number of allylic oxidation sites excluding steroid dienone is 4. The Bertz CT molecular complexity index is 667. The van der Waals surface area contributed by atoms with Gasteiger partial charge in [0.1, 0.15) is 5.76 Å². The molecule has 3 heteroatoms. The maximum Gasteiger partial charge on any atom is 0.154 e. The molecule has 2 heterocycles. The first-order chi connectivity index (χ1) is 8.82. The highest BCUT2D eigenvalue weighted by Gasteiger charge is 2.49. The van der Waals surface area contributed by atoms with Gasteiger partial charge in [0.15, 0.2) is 5.75 Å². The number of benzene rings is 1. The number of fused-ring (bicyclic) bond motifs is 1. The summed E-state index contributed by atoms with van der Waals surface area (Å²) in [5, 5.41) is 0. The lowest BCUT2D eigenvalue weighted by atomic mass is 9.69. The molecule has 1 aliphatic carbocycles. The van der Waals surface area contributed by atoms with E-state index in [9.17, 15) is 0 Å². The van der Waals surface area contributed by atoms with Crippen LogP contribution in [0.5, 0.6) is 5.75 Å². The van der Waals surface area contributed by atoms with Gasteiger partial charge in [-0.1, -0.05) is 24.3 Å². The van der Waals surface area contributed by atoms with Gasteiger partial charge < -0.3 is 10.5 Å². The highest BCUT2D eigenvalue weighted by atomic mass is 16.5. The number of rotatable bonds is 0. The van der Waals surface area contributed by atoms with E-state index in [0.29, 0.717) is 5.69 Å². The summed E-state index contributed by atoms with van der Waals surface area (Å²) >= 11 is 0. The van der Waals surface area contributed by atoms with E-state index in [1.54, 1.807) is 0 Å². The molecule has 1 aromatic carbocycles. The largest absolute Gasteiger partial charge is 0.458 e. The molecule has 1 spiro atoms. The molecule has 0 fully saturated rings. The summed E-state index contributed by atoms with van der Waals surface area (Å²) in [5.41, 5.74) is 8.83. The van der Waals surface area contributed by atoms with Crippen LogP contribution in [-0.4, -0.2) is 6.21 Å². The van der Waals surface area contributed by atoms with Gasteiger partial charge >= 0.3 is 0 Å². The zero-order valence-electron chi connectivity index (χ0n) is 9.76. The molecule has 0 bridgehead atoms. The monoisotopic (exact) mass is 236 g/mol. The quantitative estimate of drug-likeness (QED) is 0.704. The van der Waals surface area contributed by atoms with Gasteiger partial charge in [0.2, 0.25) is 0 Å². The molecule has 88 valence electrons. The molecule has 0 saturated heterocycles. The van der Waals surface area contributed by atoms with Crippen molar-refractivity contribution in [2.24, 2.45) is 4.99 Å². The Balaban J connectivity index is 2.05. The topological polar surface area (TPSA) is 47.6 Å². The average molecular weight is 236 g/mol. The van der Waals surface area contributed by atoms with Crippen LogP contribution in [-0.2, 0) is 5.41 Å². The van der Waals surface area contributed by atoms with Gasteiger partial charge in [-0.2, -0.15) is 0 Å². The molecule has 2 N–H and O–H groups in total. The maximum absolute atomic E-state index is 6.02. The van der Waals surface area contributed by atoms with Gasteiger partial charge in [0.25, 0.3) is 0 Å². The molecule has 3 nitrogen and oxygen atoms in total. The number of nitrogen functional groups attached to an aromatic ring is 1. The highest BCUT2D eigenvalue weighted by molar-refractivity contribution is 5.76. The molecule has 0 saturated carbocycles. The maximum atomic E-state index is 6.02. The predicted octanol–water partition coefficient (Wildman–Crippen LogP) is 2.71. The molecular formula is C15H12N2O. The second kappa shape index (κ2) is 3.13. The fourth-order valence-corrected chi connectivity index (χ4v) is 2.99. The number of anilines is 1. The van der Waals surface area contributed by atoms with E-state index in [-0.39, 0.29) is 5.41 Å². The van der Waals surface area contributed by atoms with Gasteiger partial charge in [-0.15, -0.1) is 0 Å². The lowest BCUT2D eigenvalue weighted by Gasteiger charge is -2.32. The van der Waals surface area contributed by atoms with Crippen molar-refractivity contribution in [3.63, 3.8) is 0 Å². The minimum Gasteiger partial charge on any atom is -0.458 e. The van der Waals surface area contributed by atoms with Crippen LogP contribution in [0.1, 0.15) is 12.0 Å². The Morgan fingerprint density at radius 2 is 2.28 bits per heavy atom. The van der Waals surface area contributed by atoms with Gasteiger partial charge in [0.05, 0.1) is 11.1 Å². The summed E-state index contributed by atoms with van der Waals surface area (Å²) < 4.78 is 5.98. The van der Waals surface area contributed by atoms with Crippen LogP contribution in [0.4, 0.5) is 5.69 Å². The van der Waals surface area contributed by atoms with Crippen LogP contribution in [0, 0.1) is 0 Å². The first-order valence-electron chi connectivity index (χ1n) is 6.00. The van der Waals surface area contributed by atoms with E-state index >= 15 is 0 Å². The van der Waals surface area contributed by atoms with Crippen molar-refractivity contribution >= 4 is 11.9 Å². The van der Waals surface area contributed by atoms with Crippen molar-refractivity contribution in [1.29, 1.82) is 0 Å². The normalized spacial score (nSPS) is 26.7. The van der Waals surface area contributed by atoms with Crippen LogP contribution >= 0.6 is 0 Å². The zero-order chi connectivity index (χ0) is 12.2. The Kier molecular flexibility index (Phi) is 1.69. The van der Waals surface area contributed by atoms with Crippen LogP contribution in [0.3, 0.4) is 0 Å². The second-order valence-corrected chi connectivity index (χ2v) is 4.74. The third kappa shape index (κ3) is 0.973. The van der Waals surface area contributed by atoms with Crippen molar-refractivity contribution in [2.75, 3.05) is 5.73 Å².